The number of rotatable bonds is 3. The van der Waals surface area contributed by atoms with Gasteiger partial charge in [0, 0.05) is 30.7 Å². The number of hydrogen-bond donors (Lipinski definition) is 1. The van der Waals surface area contributed by atoms with Crippen molar-refractivity contribution in [3.8, 4) is 0 Å². The lowest BCUT2D eigenvalue weighted by Crippen LogP contribution is -2.23. The number of halogens is 1. The van der Waals surface area contributed by atoms with Crippen LogP contribution < -0.4 is 5.32 Å². The molecule has 92 valence electrons. The van der Waals surface area contributed by atoms with Gasteiger partial charge in [-0.25, -0.2) is 4.98 Å². The van der Waals surface area contributed by atoms with Crippen molar-refractivity contribution in [2.75, 3.05) is 0 Å². The quantitative estimate of drug-likeness (QED) is 0.886. The van der Waals surface area contributed by atoms with Crippen molar-refractivity contribution in [1.29, 1.82) is 0 Å². The lowest BCUT2D eigenvalue weighted by atomic mass is 10.1. The molecule has 0 aliphatic heterocycles. The van der Waals surface area contributed by atoms with E-state index < -0.39 is 0 Å². The molecule has 0 saturated carbocycles. The van der Waals surface area contributed by atoms with E-state index in [0.717, 1.165) is 11.1 Å². The van der Waals surface area contributed by atoms with Gasteiger partial charge in [0.1, 0.15) is 4.60 Å². The summed E-state index contributed by atoms with van der Waals surface area (Å²) in [5, 5.41) is 2.87. The smallest absolute Gasteiger partial charge is 0.251 e. The van der Waals surface area contributed by atoms with Gasteiger partial charge in [-0.1, -0.05) is 0 Å². The Kier molecular flexibility index (Phi) is 4.04. The number of hydrogen-bond acceptors (Lipinski definition) is 3. The van der Waals surface area contributed by atoms with E-state index >= 15 is 0 Å². The second kappa shape index (κ2) is 5.73. The minimum Gasteiger partial charge on any atom is -0.348 e. The first kappa shape index (κ1) is 12.7. The first-order valence-corrected chi connectivity index (χ1v) is 6.25. The zero-order valence-corrected chi connectivity index (χ0v) is 11.4. The summed E-state index contributed by atoms with van der Waals surface area (Å²) in [4.78, 5) is 19.9. The Hall–Kier alpha value is -1.75. The number of carbonyl (C=O) groups excluding carboxylic acids is 1. The van der Waals surface area contributed by atoms with Crippen LogP contribution in [0.15, 0.2) is 41.4 Å². The molecule has 0 aromatic carbocycles. The summed E-state index contributed by atoms with van der Waals surface area (Å²) in [5.41, 5.74) is 2.71. The van der Waals surface area contributed by atoms with Gasteiger partial charge in [0.15, 0.2) is 0 Å². The zero-order valence-electron chi connectivity index (χ0n) is 9.85. The van der Waals surface area contributed by atoms with Crippen LogP contribution in [0.3, 0.4) is 0 Å². The molecule has 2 rings (SSSR count). The molecule has 0 aliphatic carbocycles. The number of aromatic nitrogens is 2. The first-order chi connectivity index (χ1) is 8.66. The van der Waals surface area contributed by atoms with Crippen molar-refractivity contribution < 1.29 is 4.79 Å². The van der Waals surface area contributed by atoms with Crippen LogP contribution in [0.5, 0.6) is 0 Å². The summed E-state index contributed by atoms with van der Waals surface area (Å²) in [6.45, 7) is 2.46. The Morgan fingerprint density at radius 3 is 2.94 bits per heavy atom. The van der Waals surface area contributed by atoms with Gasteiger partial charge in [-0.3, -0.25) is 9.78 Å². The Bertz CT molecular complexity index is 572. The second-order valence-electron chi connectivity index (χ2n) is 3.85. The van der Waals surface area contributed by atoms with Gasteiger partial charge < -0.3 is 5.32 Å². The van der Waals surface area contributed by atoms with Crippen molar-refractivity contribution in [1.82, 2.24) is 15.3 Å². The Labute approximate surface area is 114 Å². The molecule has 4 nitrogen and oxygen atoms in total. The van der Waals surface area contributed by atoms with Crippen LogP contribution in [0, 0.1) is 6.92 Å². The van der Waals surface area contributed by atoms with Crippen molar-refractivity contribution in [3.05, 3.63) is 58.1 Å². The van der Waals surface area contributed by atoms with Crippen LogP contribution in [-0.4, -0.2) is 15.9 Å². The van der Waals surface area contributed by atoms with E-state index in [9.17, 15) is 4.79 Å². The predicted octanol–water partition coefficient (Wildman–Crippen LogP) is 2.48. The van der Waals surface area contributed by atoms with Crippen LogP contribution in [0.4, 0.5) is 0 Å². The van der Waals surface area contributed by atoms with E-state index in [1.807, 2.05) is 13.0 Å². The molecular formula is C13H12BrN3O. The number of carbonyl (C=O) groups is 1. The summed E-state index contributed by atoms with van der Waals surface area (Å²) in [5.74, 6) is -0.116. The van der Waals surface area contributed by atoms with E-state index in [2.05, 4.69) is 31.2 Å². The Morgan fingerprint density at radius 2 is 2.22 bits per heavy atom. The molecule has 1 amide bonds. The van der Waals surface area contributed by atoms with Crippen LogP contribution in [0.1, 0.15) is 21.5 Å². The summed E-state index contributed by atoms with van der Waals surface area (Å²) < 4.78 is 0.648. The SMILES string of the molecule is Cc1cnccc1CNC(=O)c1ccnc(Br)c1. The molecule has 18 heavy (non-hydrogen) atoms. The number of amides is 1. The standard InChI is InChI=1S/C13H12BrN3O/c1-9-7-15-4-2-11(9)8-17-13(18)10-3-5-16-12(14)6-10/h2-7H,8H2,1H3,(H,17,18). The number of nitrogens with one attached hydrogen (secondary N) is 1. The molecule has 0 radical (unpaired) electrons. The molecule has 1 N–H and O–H groups in total. The molecule has 0 atom stereocenters. The highest BCUT2D eigenvalue weighted by atomic mass is 79.9. The maximum Gasteiger partial charge on any atom is 0.251 e. The number of pyridine rings is 2. The Balaban J connectivity index is 2.03. The third kappa shape index (κ3) is 3.13. The van der Waals surface area contributed by atoms with E-state index in [4.69, 9.17) is 0 Å². The number of nitrogens with zero attached hydrogens (tertiary/aromatic N) is 2. The van der Waals surface area contributed by atoms with Crippen molar-refractivity contribution in [3.63, 3.8) is 0 Å². The summed E-state index contributed by atoms with van der Waals surface area (Å²) in [7, 11) is 0. The lowest BCUT2D eigenvalue weighted by molar-refractivity contribution is 0.0950. The molecule has 2 aromatic rings. The van der Waals surface area contributed by atoms with Crippen molar-refractivity contribution >= 4 is 21.8 Å². The molecule has 0 unspecified atom stereocenters. The van der Waals surface area contributed by atoms with Gasteiger partial charge in [0.2, 0.25) is 0 Å². The monoisotopic (exact) mass is 305 g/mol. The largest absolute Gasteiger partial charge is 0.348 e. The molecule has 0 saturated heterocycles. The Morgan fingerprint density at radius 1 is 1.39 bits per heavy atom. The van der Waals surface area contributed by atoms with Gasteiger partial charge >= 0.3 is 0 Å². The van der Waals surface area contributed by atoms with Crippen molar-refractivity contribution in [2.24, 2.45) is 0 Å². The topological polar surface area (TPSA) is 54.9 Å². The third-order valence-corrected chi connectivity index (χ3v) is 3.00. The zero-order chi connectivity index (χ0) is 13.0. The van der Waals surface area contributed by atoms with E-state index in [0.29, 0.717) is 16.7 Å². The fourth-order valence-electron chi connectivity index (χ4n) is 1.52. The fourth-order valence-corrected chi connectivity index (χ4v) is 1.89. The molecule has 5 heteroatoms. The van der Waals surface area contributed by atoms with Gasteiger partial charge in [0.25, 0.3) is 5.91 Å². The highest BCUT2D eigenvalue weighted by Crippen LogP contribution is 2.09. The third-order valence-electron chi connectivity index (χ3n) is 2.56. The van der Waals surface area contributed by atoms with Gasteiger partial charge in [-0.2, -0.15) is 0 Å². The first-order valence-electron chi connectivity index (χ1n) is 5.46. The second-order valence-corrected chi connectivity index (χ2v) is 4.66. The summed E-state index contributed by atoms with van der Waals surface area (Å²) in [6.07, 6.45) is 5.10. The maximum absolute atomic E-state index is 11.9. The predicted molar refractivity (Wildman–Crippen MR) is 72.1 cm³/mol. The van der Waals surface area contributed by atoms with Crippen LogP contribution in [-0.2, 0) is 6.54 Å². The molecule has 0 fully saturated rings. The highest BCUT2D eigenvalue weighted by Gasteiger charge is 2.06. The molecular weight excluding hydrogens is 294 g/mol. The maximum atomic E-state index is 11.9. The molecule has 2 aromatic heterocycles. The lowest BCUT2D eigenvalue weighted by Gasteiger charge is -2.07. The van der Waals surface area contributed by atoms with Crippen LogP contribution in [0.25, 0.3) is 0 Å². The minimum atomic E-state index is -0.116. The molecule has 0 aliphatic rings. The molecule has 0 spiro atoms. The molecule has 0 bridgehead atoms. The van der Waals surface area contributed by atoms with Crippen molar-refractivity contribution in [2.45, 2.75) is 13.5 Å². The van der Waals surface area contributed by atoms with E-state index in [-0.39, 0.29) is 5.91 Å². The average molecular weight is 306 g/mol. The van der Waals surface area contributed by atoms with Gasteiger partial charge in [-0.15, -0.1) is 0 Å². The van der Waals surface area contributed by atoms with E-state index in [1.165, 1.54) is 0 Å². The summed E-state index contributed by atoms with van der Waals surface area (Å²) in [6, 6.07) is 5.27. The van der Waals surface area contributed by atoms with Crippen LogP contribution in [0.2, 0.25) is 0 Å². The highest BCUT2D eigenvalue weighted by molar-refractivity contribution is 9.10. The van der Waals surface area contributed by atoms with Gasteiger partial charge in [-0.05, 0) is 52.2 Å². The number of aryl methyl sites for hydroxylation is 1. The normalized spacial score (nSPS) is 10.1. The van der Waals surface area contributed by atoms with Gasteiger partial charge in [0.05, 0.1) is 0 Å². The van der Waals surface area contributed by atoms with Crippen LogP contribution >= 0.6 is 15.9 Å². The molecule has 2 heterocycles. The summed E-state index contributed by atoms with van der Waals surface area (Å²) >= 11 is 3.24. The average Bonchev–Trinajstić information content (AvgIpc) is 2.37. The minimum absolute atomic E-state index is 0.116. The fraction of sp³-hybridized carbons (Fsp3) is 0.154. The van der Waals surface area contributed by atoms with E-state index in [1.54, 1.807) is 30.7 Å².